The van der Waals surface area contributed by atoms with Crippen molar-refractivity contribution in [2.24, 2.45) is 5.92 Å². The van der Waals surface area contributed by atoms with E-state index in [-0.39, 0.29) is 37.2 Å². The molecule has 356 valence electrons. The Morgan fingerprint density at radius 3 is 1.08 bits per heavy atom. The molecule has 8 nitrogen and oxygen atoms in total. The van der Waals surface area contributed by atoms with Gasteiger partial charge in [0.25, 0.3) is 0 Å². The predicted molar refractivity (Wildman–Crippen MR) is 250 cm³/mol. The second-order valence-electron chi connectivity index (χ2n) is 18.2. The van der Waals surface area contributed by atoms with Gasteiger partial charge in [0.1, 0.15) is 13.2 Å². The molecule has 8 heteroatoms. The Labute approximate surface area is 371 Å². The molecule has 0 aliphatic heterocycles. The van der Waals surface area contributed by atoms with Crippen molar-refractivity contribution in [1.82, 2.24) is 0 Å². The monoisotopic (exact) mass is 853 g/mol. The van der Waals surface area contributed by atoms with Gasteiger partial charge in [0.05, 0.1) is 12.2 Å². The van der Waals surface area contributed by atoms with Gasteiger partial charge in [0.2, 0.25) is 0 Å². The predicted octanol–water partition coefficient (Wildman–Crippen LogP) is 14.9. The largest absolute Gasteiger partial charge is 0.462 e. The van der Waals surface area contributed by atoms with Crippen LogP contribution in [-0.2, 0) is 33.3 Å². The first-order valence-electron chi connectivity index (χ1n) is 26.0. The van der Waals surface area contributed by atoms with Gasteiger partial charge >= 0.3 is 17.9 Å². The smallest absolute Gasteiger partial charge is 0.306 e. The zero-order valence-electron chi connectivity index (χ0n) is 40.4. The number of hydrogen-bond donors (Lipinski definition) is 1. The molecule has 0 fully saturated rings. The fourth-order valence-corrected chi connectivity index (χ4v) is 8.23. The van der Waals surface area contributed by atoms with Crippen LogP contribution in [0.5, 0.6) is 0 Å². The second kappa shape index (κ2) is 45.4. The Morgan fingerprint density at radius 1 is 0.417 bits per heavy atom. The zero-order chi connectivity index (χ0) is 44.2. The third-order valence-electron chi connectivity index (χ3n) is 12.2. The van der Waals surface area contributed by atoms with E-state index in [4.69, 9.17) is 18.9 Å². The molecule has 4 unspecified atom stereocenters. The molecule has 0 aromatic carbocycles. The molecule has 0 aromatic heterocycles. The van der Waals surface area contributed by atoms with Crippen LogP contribution in [0.2, 0.25) is 0 Å². The van der Waals surface area contributed by atoms with Crippen LogP contribution >= 0.6 is 0 Å². The number of ether oxygens (including phenoxy) is 4. The Morgan fingerprint density at radius 2 is 0.733 bits per heavy atom. The van der Waals surface area contributed by atoms with E-state index in [9.17, 15) is 19.5 Å². The van der Waals surface area contributed by atoms with E-state index in [1.807, 2.05) is 0 Å². The first-order valence-corrected chi connectivity index (χ1v) is 26.0. The third-order valence-corrected chi connectivity index (χ3v) is 12.2. The minimum atomic E-state index is -0.800. The van der Waals surface area contributed by atoms with Gasteiger partial charge in [-0.15, -0.1) is 0 Å². The van der Waals surface area contributed by atoms with Crippen molar-refractivity contribution in [3.63, 3.8) is 0 Å². The van der Waals surface area contributed by atoms with Crippen molar-refractivity contribution in [3.8, 4) is 0 Å². The molecule has 0 amide bonds. The van der Waals surface area contributed by atoms with E-state index in [2.05, 4.69) is 27.7 Å². The van der Waals surface area contributed by atoms with Crippen LogP contribution in [0, 0.1) is 5.92 Å². The number of aliphatic hydroxyl groups is 1. The number of aliphatic hydroxyl groups excluding tert-OH is 1. The van der Waals surface area contributed by atoms with E-state index in [0.717, 1.165) is 89.9 Å². The van der Waals surface area contributed by atoms with Crippen molar-refractivity contribution in [2.45, 2.75) is 290 Å². The molecule has 0 heterocycles. The molecule has 0 saturated carbocycles. The molecule has 0 aliphatic rings. The summed E-state index contributed by atoms with van der Waals surface area (Å²) in [6.07, 6.45) is 40.5. The third kappa shape index (κ3) is 39.2. The summed E-state index contributed by atoms with van der Waals surface area (Å²) < 4.78 is 22.4. The molecule has 0 radical (unpaired) electrons. The first kappa shape index (κ1) is 58.3. The lowest BCUT2D eigenvalue weighted by Crippen LogP contribution is -2.34. The minimum absolute atomic E-state index is 0.0952. The maximum absolute atomic E-state index is 12.8. The average molecular weight is 853 g/mol. The van der Waals surface area contributed by atoms with Crippen molar-refractivity contribution >= 4 is 17.9 Å². The lowest BCUT2D eigenvalue weighted by atomic mass is 9.91. The number of carbonyl (C=O) groups excluding carboxylic acids is 3. The average Bonchev–Trinajstić information content (AvgIpc) is 3.24. The van der Waals surface area contributed by atoms with Crippen LogP contribution < -0.4 is 0 Å². The summed E-state index contributed by atoms with van der Waals surface area (Å²) in [6, 6.07) is 0. The van der Waals surface area contributed by atoms with Gasteiger partial charge in [0, 0.05) is 26.4 Å². The van der Waals surface area contributed by atoms with Crippen molar-refractivity contribution < 1.29 is 38.4 Å². The lowest BCUT2D eigenvalue weighted by molar-refractivity contribution is -0.167. The minimum Gasteiger partial charge on any atom is -0.462 e. The number of carbonyl (C=O) groups is 3. The normalized spacial score (nSPS) is 13.5. The quantitative estimate of drug-likeness (QED) is 0.0366. The zero-order valence-corrected chi connectivity index (χ0v) is 40.4. The maximum Gasteiger partial charge on any atom is 0.306 e. The summed E-state index contributed by atoms with van der Waals surface area (Å²) in [5.74, 6) is -0.614. The molecule has 0 spiro atoms. The Hall–Kier alpha value is -1.67. The van der Waals surface area contributed by atoms with Crippen LogP contribution in [-0.4, -0.2) is 61.6 Å². The molecule has 4 atom stereocenters. The van der Waals surface area contributed by atoms with Gasteiger partial charge in [-0.25, -0.2) is 0 Å². The van der Waals surface area contributed by atoms with Crippen LogP contribution in [0.25, 0.3) is 0 Å². The standard InChI is InChI=1S/C52H100O8/c1-6-9-12-14-16-18-20-22-24-26-28-32-36-41-49(54)58-44-47(60-51(56)43-38-33-29-27-25-23-21-19-17-15-13-10-7-2)45-59-50(55)42-37-34-30-31-35-40-48(53)52(57-5)46(4)39-11-8-3/h46-48,52-53H,6-45H2,1-5H3. The molecule has 0 saturated heterocycles. The van der Waals surface area contributed by atoms with Crippen LogP contribution in [0.15, 0.2) is 0 Å². The summed E-state index contributed by atoms with van der Waals surface area (Å²) in [7, 11) is 1.69. The fraction of sp³-hybridized carbons (Fsp3) is 0.942. The number of unbranched alkanes of at least 4 members (excludes halogenated alkanes) is 29. The van der Waals surface area contributed by atoms with E-state index in [1.165, 1.54) is 128 Å². The van der Waals surface area contributed by atoms with Gasteiger partial charge in [-0.1, -0.05) is 220 Å². The van der Waals surface area contributed by atoms with E-state index < -0.39 is 12.2 Å². The van der Waals surface area contributed by atoms with E-state index >= 15 is 0 Å². The number of esters is 3. The highest BCUT2D eigenvalue weighted by molar-refractivity contribution is 5.71. The topological polar surface area (TPSA) is 108 Å². The maximum atomic E-state index is 12.8. The van der Waals surface area contributed by atoms with Crippen LogP contribution in [0.4, 0.5) is 0 Å². The highest BCUT2D eigenvalue weighted by atomic mass is 16.6. The van der Waals surface area contributed by atoms with Crippen molar-refractivity contribution in [1.29, 1.82) is 0 Å². The van der Waals surface area contributed by atoms with Gasteiger partial charge in [-0.2, -0.15) is 0 Å². The summed E-state index contributed by atoms with van der Waals surface area (Å²) in [6.45, 7) is 8.66. The molecule has 1 N–H and O–H groups in total. The Balaban J connectivity index is 4.49. The molecule has 0 aliphatic carbocycles. The van der Waals surface area contributed by atoms with Gasteiger partial charge < -0.3 is 24.1 Å². The summed E-state index contributed by atoms with van der Waals surface area (Å²) in [5, 5.41) is 10.7. The van der Waals surface area contributed by atoms with E-state index in [1.54, 1.807) is 7.11 Å². The first-order chi connectivity index (χ1) is 29.3. The lowest BCUT2D eigenvalue weighted by Gasteiger charge is -2.27. The van der Waals surface area contributed by atoms with Crippen molar-refractivity contribution in [2.75, 3.05) is 20.3 Å². The molecule has 0 bridgehead atoms. The van der Waals surface area contributed by atoms with Gasteiger partial charge in [0.15, 0.2) is 6.10 Å². The second-order valence-corrected chi connectivity index (χ2v) is 18.2. The number of methoxy groups -OCH3 is 1. The highest BCUT2D eigenvalue weighted by Gasteiger charge is 2.24. The molecule has 0 aromatic rings. The summed E-state index contributed by atoms with van der Waals surface area (Å²) >= 11 is 0. The Kier molecular flexibility index (Phi) is 44.1. The SMILES string of the molecule is CCCCCCCCCCCCCCCC(=O)OCC(COC(=O)CCCCCCCC(O)C(OC)C(C)CCCC)OC(=O)CCCCCCCCCCCCCCC. The highest BCUT2D eigenvalue weighted by Crippen LogP contribution is 2.22. The summed E-state index contributed by atoms with van der Waals surface area (Å²) in [4.78, 5) is 38.0. The van der Waals surface area contributed by atoms with Gasteiger partial charge in [-0.3, -0.25) is 14.4 Å². The fourth-order valence-electron chi connectivity index (χ4n) is 8.23. The van der Waals surface area contributed by atoms with Crippen molar-refractivity contribution in [3.05, 3.63) is 0 Å². The molecule has 60 heavy (non-hydrogen) atoms. The summed E-state index contributed by atoms with van der Waals surface area (Å²) in [5.41, 5.74) is 0. The van der Waals surface area contributed by atoms with Gasteiger partial charge in [-0.05, 0) is 38.0 Å². The Bertz CT molecular complexity index is 941. The number of hydrogen-bond acceptors (Lipinski definition) is 8. The molecule has 0 rings (SSSR count). The van der Waals surface area contributed by atoms with Crippen LogP contribution in [0.1, 0.15) is 272 Å². The van der Waals surface area contributed by atoms with Crippen LogP contribution in [0.3, 0.4) is 0 Å². The molecular formula is C52H100O8. The van der Waals surface area contributed by atoms with E-state index in [0.29, 0.717) is 31.6 Å². The number of rotatable bonds is 47. The molecular weight excluding hydrogens is 753 g/mol.